The highest BCUT2D eigenvalue weighted by Gasteiger charge is 2.16. The Bertz CT molecular complexity index is 206. The molecule has 0 aliphatic carbocycles. The molecular weight excluding hydrogens is 160 g/mol. The number of rotatable bonds is 2. The number of nitrogens with zero attached hydrogens (tertiary/aromatic N) is 1. The van der Waals surface area contributed by atoms with Crippen molar-refractivity contribution in [1.82, 2.24) is 10.3 Å². The zero-order chi connectivity index (χ0) is 7.52. The zero-order valence-electron chi connectivity index (χ0n) is 6.12. The number of hydrogen-bond donors (Lipinski definition) is 1. The Hall–Kier alpha value is -0.610. The lowest BCUT2D eigenvalue weighted by Crippen LogP contribution is -2.19. The summed E-state index contributed by atoms with van der Waals surface area (Å²) in [5, 5.41) is 5.96. The molecule has 1 aliphatic rings. The molecule has 2 rings (SSSR count). The molecule has 0 unspecified atom stereocenters. The molecule has 0 bridgehead atoms. The van der Waals surface area contributed by atoms with Crippen LogP contribution in [0.15, 0.2) is 11.6 Å². The van der Waals surface area contributed by atoms with E-state index in [1.807, 2.05) is 5.38 Å². The molecule has 0 saturated carbocycles. The van der Waals surface area contributed by atoms with Crippen LogP contribution in [0.4, 0.5) is 0 Å². The summed E-state index contributed by atoms with van der Waals surface area (Å²) in [5.41, 5.74) is 0. The average Bonchev–Trinajstić information content (AvgIpc) is 2.60. The van der Waals surface area contributed by atoms with Crippen LogP contribution in [-0.2, 0) is 0 Å². The standard InChI is InChI=1S/C7H10N2OS/c1-2-8-5-6(1)10-7-9-3-4-11-7/h3-4,6,8H,1-2,5H2/t6-/m1/s1. The molecule has 2 heterocycles. The first-order valence-corrected chi connectivity index (χ1v) is 4.60. The van der Waals surface area contributed by atoms with E-state index in [2.05, 4.69) is 10.3 Å². The molecule has 11 heavy (non-hydrogen) atoms. The van der Waals surface area contributed by atoms with Crippen molar-refractivity contribution >= 4 is 11.3 Å². The van der Waals surface area contributed by atoms with Crippen molar-refractivity contribution in [1.29, 1.82) is 0 Å². The second kappa shape index (κ2) is 3.19. The third-order valence-corrected chi connectivity index (χ3v) is 2.35. The van der Waals surface area contributed by atoms with Gasteiger partial charge in [0.15, 0.2) is 0 Å². The van der Waals surface area contributed by atoms with Crippen LogP contribution in [0.2, 0.25) is 0 Å². The smallest absolute Gasteiger partial charge is 0.273 e. The SMILES string of the molecule is c1csc(O[C@@H]2CCNC2)n1. The van der Waals surface area contributed by atoms with E-state index in [-0.39, 0.29) is 0 Å². The van der Waals surface area contributed by atoms with Gasteiger partial charge in [0, 0.05) is 18.1 Å². The zero-order valence-corrected chi connectivity index (χ0v) is 6.93. The van der Waals surface area contributed by atoms with Gasteiger partial charge in [-0.1, -0.05) is 11.3 Å². The number of nitrogens with one attached hydrogen (secondary N) is 1. The minimum Gasteiger partial charge on any atom is -0.465 e. The summed E-state index contributed by atoms with van der Waals surface area (Å²) in [4.78, 5) is 4.05. The summed E-state index contributed by atoms with van der Waals surface area (Å²) in [6.45, 7) is 2.02. The molecule has 1 atom stereocenters. The van der Waals surface area contributed by atoms with E-state index < -0.39 is 0 Å². The summed E-state index contributed by atoms with van der Waals surface area (Å²) in [7, 11) is 0. The molecule has 1 N–H and O–H groups in total. The Labute approximate surface area is 69.4 Å². The fourth-order valence-corrected chi connectivity index (χ4v) is 1.69. The van der Waals surface area contributed by atoms with Gasteiger partial charge in [-0.15, -0.1) is 0 Å². The van der Waals surface area contributed by atoms with E-state index in [0.717, 1.165) is 24.7 Å². The molecule has 0 aromatic carbocycles. The Balaban J connectivity index is 1.90. The first-order chi connectivity index (χ1) is 5.45. The second-order valence-electron chi connectivity index (χ2n) is 2.53. The molecule has 4 heteroatoms. The quantitative estimate of drug-likeness (QED) is 0.715. The van der Waals surface area contributed by atoms with Crippen LogP contribution in [-0.4, -0.2) is 24.2 Å². The maximum Gasteiger partial charge on any atom is 0.273 e. The Morgan fingerprint density at radius 3 is 3.36 bits per heavy atom. The van der Waals surface area contributed by atoms with Crippen molar-refractivity contribution in [3.05, 3.63) is 11.6 Å². The van der Waals surface area contributed by atoms with Crippen molar-refractivity contribution in [3.63, 3.8) is 0 Å². The van der Waals surface area contributed by atoms with Crippen molar-refractivity contribution in [2.24, 2.45) is 0 Å². The van der Waals surface area contributed by atoms with Gasteiger partial charge in [-0.3, -0.25) is 0 Å². The fourth-order valence-electron chi connectivity index (χ4n) is 1.14. The van der Waals surface area contributed by atoms with Crippen LogP contribution in [0, 0.1) is 0 Å². The van der Waals surface area contributed by atoms with Crippen molar-refractivity contribution in [2.75, 3.05) is 13.1 Å². The minimum atomic E-state index is 0.334. The maximum absolute atomic E-state index is 5.56. The number of thiazole rings is 1. The van der Waals surface area contributed by atoms with Crippen molar-refractivity contribution in [2.45, 2.75) is 12.5 Å². The predicted octanol–water partition coefficient (Wildman–Crippen LogP) is 0.884. The molecule has 0 spiro atoms. The lowest BCUT2D eigenvalue weighted by Gasteiger charge is -2.07. The summed E-state index contributed by atoms with van der Waals surface area (Å²) in [6.07, 6.45) is 3.20. The molecule has 1 aliphatic heterocycles. The average molecular weight is 170 g/mol. The highest BCUT2D eigenvalue weighted by Crippen LogP contribution is 2.17. The van der Waals surface area contributed by atoms with E-state index >= 15 is 0 Å². The fraction of sp³-hybridized carbons (Fsp3) is 0.571. The van der Waals surface area contributed by atoms with Gasteiger partial charge in [0.1, 0.15) is 6.10 Å². The van der Waals surface area contributed by atoms with E-state index in [4.69, 9.17) is 4.74 Å². The summed E-state index contributed by atoms with van der Waals surface area (Å²) in [6, 6.07) is 0. The molecule has 1 fully saturated rings. The molecule has 3 nitrogen and oxygen atoms in total. The van der Waals surface area contributed by atoms with Crippen LogP contribution >= 0.6 is 11.3 Å². The van der Waals surface area contributed by atoms with Crippen molar-refractivity contribution in [3.8, 4) is 5.19 Å². The Morgan fingerprint density at radius 2 is 2.73 bits per heavy atom. The lowest BCUT2D eigenvalue weighted by molar-refractivity contribution is 0.222. The minimum absolute atomic E-state index is 0.334. The summed E-state index contributed by atoms with van der Waals surface area (Å²) in [5.74, 6) is 0. The van der Waals surface area contributed by atoms with Crippen molar-refractivity contribution < 1.29 is 4.74 Å². The number of ether oxygens (including phenoxy) is 1. The summed E-state index contributed by atoms with van der Waals surface area (Å²) >= 11 is 1.55. The summed E-state index contributed by atoms with van der Waals surface area (Å²) < 4.78 is 5.56. The largest absolute Gasteiger partial charge is 0.465 e. The van der Waals surface area contributed by atoms with Gasteiger partial charge in [0.25, 0.3) is 5.19 Å². The topological polar surface area (TPSA) is 34.1 Å². The highest BCUT2D eigenvalue weighted by molar-refractivity contribution is 7.11. The van der Waals surface area contributed by atoms with Crippen LogP contribution in [0.5, 0.6) is 5.19 Å². The van der Waals surface area contributed by atoms with Crippen LogP contribution < -0.4 is 10.1 Å². The molecule has 1 saturated heterocycles. The van der Waals surface area contributed by atoms with Gasteiger partial charge in [-0.05, 0) is 13.0 Å². The highest BCUT2D eigenvalue weighted by atomic mass is 32.1. The van der Waals surface area contributed by atoms with E-state index in [1.54, 1.807) is 17.5 Å². The number of hydrogen-bond acceptors (Lipinski definition) is 4. The van der Waals surface area contributed by atoms with Gasteiger partial charge in [-0.2, -0.15) is 0 Å². The molecule has 1 aromatic heterocycles. The first-order valence-electron chi connectivity index (χ1n) is 3.72. The van der Waals surface area contributed by atoms with E-state index in [9.17, 15) is 0 Å². The Kier molecular flexibility index (Phi) is 2.05. The van der Waals surface area contributed by atoms with Gasteiger partial charge in [0.05, 0.1) is 0 Å². The van der Waals surface area contributed by atoms with Gasteiger partial charge < -0.3 is 10.1 Å². The molecular formula is C7H10N2OS. The lowest BCUT2D eigenvalue weighted by atomic mass is 10.3. The maximum atomic E-state index is 5.56. The molecule has 0 radical (unpaired) electrons. The van der Waals surface area contributed by atoms with Crippen LogP contribution in [0.1, 0.15) is 6.42 Å². The number of aromatic nitrogens is 1. The second-order valence-corrected chi connectivity index (χ2v) is 3.39. The van der Waals surface area contributed by atoms with Gasteiger partial charge in [0.2, 0.25) is 0 Å². The normalized spacial score (nSPS) is 23.8. The molecule has 60 valence electrons. The predicted molar refractivity (Wildman–Crippen MR) is 44.0 cm³/mol. The van der Waals surface area contributed by atoms with Gasteiger partial charge >= 0.3 is 0 Å². The van der Waals surface area contributed by atoms with E-state index in [1.165, 1.54) is 0 Å². The van der Waals surface area contributed by atoms with Crippen LogP contribution in [0.3, 0.4) is 0 Å². The molecule has 1 aromatic rings. The van der Waals surface area contributed by atoms with E-state index in [0.29, 0.717) is 6.10 Å². The third kappa shape index (κ3) is 1.70. The van der Waals surface area contributed by atoms with Gasteiger partial charge in [-0.25, -0.2) is 4.98 Å². The first kappa shape index (κ1) is 7.06. The van der Waals surface area contributed by atoms with Crippen LogP contribution in [0.25, 0.3) is 0 Å². The Morgan fingerprint density at radius 1 is 1.73 bits per heavy atom. The third-order valence-electron chi connectivity index (χ3n) is 1.69. The molecule has 0 amide bonds. The monoisotopic (exact) mass is 170 g/mol.